The molecule has 8 rings (SSSR count). The van der Waals surface area contributed by atoms with Crippen molar-refractivity contribution in [1.82, 2.24) is 9.97 Å². The molecule has 0 saturated carbocycles. The molecule has 0 radical (unpaired) electrons. The third kappa shape index (κ3) is 10.4. The number of methoxy groups -OCH3 is 1. The first-order valence-electron chi connectivity index (χ1n) is 21.5. The van der Waals surface area contributed by atoms with Gasteiger partial charge in [-0.3, -0.25) is 19.6 Å². The van der Waals surface area contributed by atoms with Crippen LogP contribution in [0.25, 0.3) is 33.6 Å². The number of hydrogen-bond acceptors (Lipinski definition) is 8. The van der Waals surface area contributed by atoms with Gasteiger partial charge >= 0.3 is 5.97 Å². The summed E-state index contributed by atoms with van der Waals surface area (Å²) in [5, 5.41) is 0. The van der Waals surface area contributed by atoms with Gasteiger partial charge in [0.25, 0.3) is 6.47 Å². The fraction of sp³-hybridized carbons (Fsp3) is 0.143. The fourth-order valence-corrected chi connectivity index (χ4v) is 7.70. The first kappa shape index (κ1) is 42.8. The van der Waals surface area contributed by atoms with E-state index in [1.165, 1.54) is 23.8 Å². The van der Waals surface area contributed by atoms with Gasteiger partial charge in [0.2, 0.25) is 0 Å². The van der Waals surface area contributed by atoms with Crippen molar-refractivity contribution in [3.63, 3.8) is 0 Å². The van der Waals surface area contributed by atoms with Crippen LogP contribution in [-0.2, 0) is 31.9 Å². The number of hydrogen-bond donors (Lipinski definition) is 0. The summed E-state index contributed by atoms with van der Waals surface area (Å²) in [6, 6.07) is 59.3. The van der Waals surface area contributed by atoms with Crippen LogP contribution in [0.1, 0.15) is 35.1 Å². The van der Waals surface area contributed by atoms with Crippen LogP contribution in [0.15, 0.2) is 182 Å². The zero-order valence-corrected chi connectivity index (χ0v) is 36.4. The largest absolute Gasteiger partial charge is 0.469 e. The monoisotopic (exact) mass is 842 g/mol. The van der Waals surface area contributed by atoms with Gasteiger partial charge in [0, 0.05) is 64.1 Å². The first-order chi connectivity index (χ1) is 31.3. The summed E-state index contributed by atoms with van der Waals surface area (Å²) < 4.78 is 9.69. The van der Waals surface area contributed by atoms with Crippen LogP contribution in [0.5, 0.6) is 0 Å². The van der Waals surface area contributed by atoms with Gasteiger partial charge < -0.3 is 19.3 Å². The highest BCUT2D eigenvalue weighted by molar-refractivity contribution is 5.80. The Morgan fingerprint density at radius 1 is 0.484 bits per heavy atom. The second-order valence-corrected chi connectivity index (χ2v) is 15.8. The van der Waals surface area contributed by atoms with Gasteiger partial charge in [-0.2, -0.15) is 0 Å². The van der Waals surface area contributed by atoms with Crippen LogP contribution in [0.4, 0.5) is 34.1 Å². The quantitative estimate of drug-likeness (QED) is 0.0509. The maximum Gasteiger partial charge on any atom is 0.305 e. The molecule has 0 aliphatic carbocycles. The standard InChI is InChI=1S/C56H50N4O4/c1-40-6-21-48(22-7-40)59(50-25-10-42(11-26-50)5-4-36-64-39-61)52-29-15-44(16-30-52)46-19-33-54(57-37-46)55-34-20-47(38-58-55)45-17-31-53(32-18-45)60(49-23-8-41(2)9-24-49)51-27-12-43(13-28-51)14-35-56(62)63-3/h6-13,15-34,37-39H,4-5,14,35-36H2,1-3H3. The van der Waals surface area contributed by atoms with E-state index in [-0.39, 0.29) is 5.97 Å². The molecule has 0 saturated heterocycles. The lowest BCUT2D eigenvalue weighted by Crippen LogP contribution is -2.10. The summed E-state index contributed by atoms with van der Waals surface area (Å²) in [5.41, 5.74) is 16.7. The van der Waals surface area contributed by atoms with Gasteiger partial charge in [0.05, 0.1) is 25.1 Å². The van der Waals surface area contributed by atoms with Crippen molar-refractivity contribution in [1.29, 1.82) is 0 Å². The topological polar surface area (TPSA) is 84.9 Å². The molecule has 0 bridgehead atoms. The van der Waals surface area contributed by atoms with Crippen LogP contribution < -0.4 is 9.80 Å². The Morgan fingerprint density at radius 2 is 0.844 bits per heavy atom. The Morgan fingerprint density at radius 3 is 1.20 bits per heavy atom. The molecular formula is C56H50N4O4. The van der Waals surface area contributed by atoms with Crippen molar-refractivity contribution >= 4 is 46.6 Å². The molecular weight excluding hydrogens is 793 g/mol. The van der Waals surface area contributed by atoms with Crippen LogP contribution in [0.2, 0.25) is 0 Å². The average molecular weight is 843 g/mol. The van der Waals surface area contributed by atoms with Crippen molar-refractivity contribution in [3.8, 4) is 33.6 Å². The number of pyridine rings is 2. The van der Waals surface area contributed by atoms with E-state index in [4.69, 9.17) is 19.4 Å². The predicted molar refractivity (Wildman–Crippen MR) is 258 cm³/mol. The minimum Gasteiger partial charge on any atom is -0.469 e. The maximum absolute atomic E-state index is 11.7. The fourth-order valence-electron chi connectivity index (χ4n) is 7.70. The minimum atomic E-state index is -0.209. The smallest absolute Gasteiger partial charge is 0.305 e. The van der Waals surface area contributed by atoms with Crippen molar-refractivity contribution < 1.29 is 19.1 Å². The highest BCUT2D eigenvalue weighted by Gasteiger charge is 2.16. The summed E-state index contributed by atoms with van der Waals surface area (Å²) in [7, 11) is 1.42. The number of esters is 1. The minimum absolute atomic E-state index is 0.209. The lowest BCUT2D eigenvalue weighted by molar-refractivity contribution is -0.140. The molecule has 0 N–H and O–H groups in total. The molecule has 2 heterocycles. The molecule has 0 aliphatic rings. The number of benzene rings is 6. The Labute approximate surface area is 375 Å². The van der Waals surface area contributed by atoms with E-state index in [0.717, 1.165) is 86.2 Å². The number of ether oxygens (including phenoxy) is 2. The number of aromatic nitrogens is 2. The molecule has 64 heavy (non-hydrogen) atoms. The molecule has 2 aromatic heterocycles. The second kappa shape index (κ2) is 20.4. The first-order valence-corrected chi connectivity index (χ1v) is 21.5. The van der Waals surface area contributed by atoms with E-state index < -0.39 is 0 Å². The van der Waals surface area contributed by atoms with Gasteiger partial charge in [0.1, 0.15) is 0 Å². The third-order valence-corrected chi connectivity index (χ3v) is 11.3. The molecule has 0 spiro atoms. The van der Waals surface area contributed by atoms with E-state index in [1.807, 2.05) is 24.5 Å². The van der Waals surface area contributed by atoms with E-state index in [0.29, 0.717) is 25.9 Å². The number of carbonyl (C=O) groups excluding carboxylic acids is 2. The van der Waals surface area contributed by atoms with Gasteiger partial charge in [-0.1, -0.05) is 96.1 Å². The number of nitrogens with zero attached hydrogens (tertiary/aromatic N) is 4. The van der Waals surface area contributed by atoms with E-state index in [9.17, 15) is 9.59 Å². The lowest BCUT2D eigenvalue weighted by Gasteiger charge is -2.26. The van der Waals surface area contributed by atoms with E-state index in [1.54, 1.807) is 0 Å². The summed E-state index contributed by atoms with van der Waals surface area (Å²) in [4.78, 5) is 36.3. The molecule has 0 atom stereocenters. The Kier molecular flexibility index (Phi) is 13.6. The Balaban J connectivity index is 0.956. The highest BCUT2D eigenvalue weighted by Crippen LogP contribution is 2.38. The third-order valence-electron chi connectivity index (χ3n) is 11.3. The number of carbonyl (C=O) groups is 2. The van der Waals surface area contributed by atoms with Crippen molar-refractivity contribution in [2.45, 2.75) is 39.5 Å². The number of rotatable bonds is 17. The molecule has 6 aromatic carbocycles. The molecule has 0 amide bonds. The number of anilines is 6. The maximum atomic E-state index is 11.7. The lowest BCUT2D eigenvalue weighted by atomic mass is 10.0. The molecule has 318 valence electrons. The predicted octanol–water partition coefficient (Wildman–Crippen LogP) is 13.2. The van der Waals surface area contributed by atoms with Gasteiger partial charge in [-0.25, -0.2) is 0 Å². The van der Waals surface area contributed by atoms with E-state index in [2.05, 4.69) is 181 Å². The summed E-state index contributed by atoms with van der Waals surface area (Å²) >= 11 is 0. The molecule has 8 heteroatoms. The van der Waals surface area contributed by atoms with Gasteiger partial charge in [-0.15, -0.1) is 0 Å². The summed E-state index contributed by atoms with van der Waals surface area (Å²) in [6.45, 7) is 5.11. The molecule has 0 unspecified atom stereocenters. The molecule has 8 nitrogen and oxygen atoms in total. The van der Waals surface area contributed by atoms with Gasteiger partial charge in [-0.05, 0) is 140 Å². The van der Waals surface area contributed by atoms with Gasteiger partial charge in [0.15, 0.2) is 0 Å². The van der Waals surface area contributed by atoms with Crippen LogP contribution in [0, 0.1) is 13.8 Å². The Bertz CT molecular complexity index is 2750. The van der Waals surface area contributed by atoms with Crippen molar-refractivity contribution in [3.05, 3.63) is 205 Å². The Hall–Kier alpha value is -7.84. The van der Waals surface area contributed by atoms with E-state index >= 15 is 0 Å². The second-order valence-electron chi connectivity index (χ2n) is 15.8. The van der Waals surface area contributed by atoms with Crippen LogP contribution in [0.3, 0.4) is 0 Å². The zero-order chi connectivity index (χ0) is 44.3. The van der Waals surface area contributed by atoms with Crippen molar-refractivity contribution in [2.24, 2.45) is 0 Å². The molecule has 8 aromatic rings. The molecule has 0 aliphatic heterocycles. The highest BCUT2D eigenvalue weighted by atomic mass is 16.5. The van der Waals surface area contributed by atoms with Crippen LogP contribution in [-0.4, -0.2) is 36.1 Å². The van der Waals surface area contributed by atoms with Crippen molar-refractivity contribution in [2.75, 3.05) is 23.5 Å². The SMILES string of the molecule is COC(=O)CCc1ccc(N(c2ccc(C)cc2)c2ccc(-c3ccc(-c4ccc(-c5ccc(N(c6ccc(C)cc6)c6ccc(CCCOC=O)cc6)cc5)cn4)nc3)cc2)cc1. The normalized spacial score (nSPS) is 10.9. The van der Waals surface area contributed by atoms with Crippen LogP contribution >= 0.6 is 0 Å². The zero-order valence-electron chi connectivity index (χ0n) is 36.4. The number of aryl methyl sites for hydroxylation is 4. The summed E-state index contributed by atoms with van der Waals surface area (Å²) in [6.07, 6.45) is 6.42. The molecule has 0 fully saturated rings. The average Bonchev–Trinajstić information content (AvgIpc) is 3.35. The summed E-state index contributed by atoms with van der Waals surface area (Å²) in [5.74, 6) is -0.209.